The number of nitrogen functional groups attached to an aromatic ring is 1. The molecule has 0 aliphatic heterocycles. The average Bonchev–Trinajstić information content (AvgIpc) is 2.84. The van der Waals surface area contributed by atoms with Gasteiger partial charge in [-0.1, -0.05) is 18.2 Å². The highest BCUT2D eigenvalue weighted by atomic mass is 19.1. The topological polar surface area (TPSA) is 78.7 Å². The number of hydrogen-bond acceptors (Lipinski definition) is 4. The molecule has 2 N–H and O–H groups in total. The SMILES string of the molecule is Cc1cc(Cn2nnn(-c3cccc(F)c3)c2=O)ccc1N. The molecule has 2 aromatic carbocycles. The van der Waals surface area contributed by atoms with Crippen molar-refractivity contribution >= 4 is 5.69 Å². The van der Waals surface area contributed by atoms with Gasteiger partial charge in [-0.2, -0.15) is 9.36 Å². The number of nitrogens with zero attached hydrogens (tertiary/aromatic N) is 4. The smallest absolute Gasteiger partial charge is 0.368 e. The summed E-state index contributed by atoms with van der Waals surface area (Å²) in [6.07, 6.45) is 0. The van der Waals surface area contributed by atoms with Gasteiger partial charge in [-0.05, 0) is 52.7 Å². The van der Waals surface area contributed by atoms with Crippen LogP contribution in [-0.2, 0) is 6.54 Å². The number of aromatic nitrogens is 4. The number of anilines is 1. The average molecular weight is 299 g/mol. The van der Waals surface area contributed by atoms with Gasteiger partial charge in [0.1, 0.15) is 5.82 Å². The van der Waals surface area contributed by atoms with Crippen LogP contribution in [0.4, 0.5) is 10.1 Å². The maximum absolute atomic E-state index is 13.2. The first-order valence-corrected chi connectivity index (χ1v) is 6.68. The van der Waals surface area contributed by atoms with Crippen molar-refractivity contribution in [1.82, 2.24) is 19.8 Å². The normalized spacial score (nSPS) is 10.8. The van der Waals surface area contributed by atoms with Crippen molar-refractivity contribution in [3.8, 4) is 5.69 Å². The molecule has 0 radical (unpaired) electrons. The van der Waals surface area contributed by atoms with Crippen LogP contribution in [0.1, 0.15) is 11.1 Å². The van der Waals surface area contributed by atoms with Crippen LogP contribution < -0.4 is 11.4 Å². The first-order valence-electron chi connectivity index (χ1n) is 6.68. The van der Waals surface area contributed by atoms with Gasteiger partial charge in [0.2, 0.25) is 0 Å². The van der Waals surface area contributed by atoms with Crippen molar-refractivity contribution in [3.05, 3.63) is 69.9 Å². The summed E-state index contributed by atoms with van der Waals surface area (Å²) in [5.41, 5.74) is 8.19. The Balaban J connectivity index is 1.93. The molecule has 1 heterocycles. The van der Waals surface area contributed by atoms with Crippen molar-refractivity contribution in [2.45, 2.75) is 13.5 Å². The third-order valence-corrected chi connectivity index (χ3v) is 3.36. The fraction of sp³-hybridized carbons (Fsp3) is 0.133. The van der Waals surface area contributed by atoms with Gasteiger partial charge in [0.15, 0.2) is 0 Å². The van der Waals surface area contributed by atoms with Crippen LogP contribution in [0.3, 0.4) is 0 Å². The van der Waals surface area contributed by atoms with E-state index < -0.39 is 11.5 Å². The Kier molecular flexibility index (Phi) is 3.46. The van der Waals surface area contributed by atoms with E-state index in [1.807, 2.05) is 19.1 Å². The van der Waals surface area contributed by atoms with Gasteiger partial charge in [0.25, 0.3) is 0 Å². The second-order valence-corrected chi connectivity index (χ2v) is 5.00. The number of hydrogen-bond donors (Lipinski definition) is 1. The molecule has 0 spiro atoms. The highest BCUT2D eigenvalue weighted by Gasteiger charge is 2.10. The summed E-state index contributed by atoms with van der Waals surface area (Å²) in [4.78, 5) is 12.3. The summed E-state index contributed by atoms with van der Waals surface area (Å²) in [6, 6.07) is 11.1. The molecule has 112 valence electrons. The Labute approximate surface area is 125 Å². The van der Waals surface area contributed by atoms with E-state index >= 15 is 0 Å². The zero-order valence-corrected chi connectivity index (χ0v) is 11.9. The maximum atomic E-state index is 13.2. The Bertz CT molecular complexity index is 884. The van der Waals surface area contributed by atoms with Crippen LogP contribution in [0, 0.1) is 12.7 Å². The lowest BCUT2D eigenvalue weighted by Gasteiger charge is -2.04. The van der Waals surface area contributed by atoms with Crippen molar-refractivity contribution in [2.24, 2.45) is 0 Å². The molecular weight excluding hydrogens is 285 g/mol. The van der Waals surface area contributed by atoms with Crippen LogP contribution in [0.5, 0.6) is 0 Å². The lowest BCUT2D eigenvalue weighted by atomic mass is 10.1. The summed E-state index contributed by atoms with van der Waals surface area (Å²) >= 11 is 0. The van der Waals surface area contributed by atoms with Gasteiger partial charge in [-0.3, -0.25) is 0 Å². The third kappa shape index (κ3) is 2.60. The van der Waals surface area contributed by atoms with Crippen LogP contribution in [0.2, 0.25) is 0 Å². The lowest BCUT2D eigenvalue weighted by Crippen LogP contribution is -2.24. The molecule has 6 nitrogen and oxygen atoms in total. The molecule has 0 aliphatic carbocycles. The minimum atomic E-state index is -0.437. The van der Waals surface area contributed by atoms with Crippen molar-refractivity contribution in [1.29, 1.82) is 0 Å². The zero-order valence-electron chi connectivity index (χ0n) is 11.9. The first kappa shape index (κ1) is 14.0. The molecule has 0 atom stereocenters. The van der Waals surface area contributed by atoms with Gasteiger partial charge >= 0.3 is 5.69 Å². The second kappa shape index (κ2) is 5.44. The van der Waals surface area contributed by atoms with Crippen molar-refractivity contribution in [2.75, 3.05) is 5.73 Å². The minimum Gasteiger partial charge on any atom is -0.399 e. The summed E-state index contributed by atoms with van der Waals surface area (Å²) in [5.74, 6) is -0.437. The number of rotatable bonds is 3. The van der Waals surface area contributed by atoms with E-state index in [9.17, 15) is 9.18 Å². The molecule has 3 rings (SSSR count). The van der Waals surface area contributed by atoms with Crippen LogP contribution in [0.15, 0.2) is 47.3 Å². The van der Waals surface area contributed by atoms with Crippen molar-refractivity contribution < 1.29 is 4.39 Å². The second-order valence-electron chi connectivity index (χ2n) is 5.00. The predicted octanol–water partition coefficient (Wildman–Crippen LogP) is 1.51. The Morgan fingerprint density at radius 2 is 2.00 bits per heavy atom. The first-order chi connectivity index (χ1) is 10.5. The quantitative estimate of drug-likeness (QED) is 0.743. The van der Waals surface area contributed by atoms with Gasteiger partial charge in [-0.15, -0.1) is 0 Å². The van der Waals surface area contributed by atoms with Gasteiger partial charge in [0.05, 0.1) is 12.2 Å². The molecule has 7 heteroatoms. The van der Waals surface area contributed by atoms with Crippen LogP contribution in [-0.4, -0.2) is 19.8 Å². The summed E-state index contributed by atoms with van der Waals surface area (Å²) in [7, 11) is 0. The summed E-state index contributed by atoms with van der Waals surface area (Å²) < 4.78 is 15.5. The fourth-order valence-corrected chi connectivity index (χ4v) is 2.15. The molecule has 0 aliphatic rings. The lowest BCUT2D eigenvalue weighted by molar-refractivity contribution is 0.624. The molecule has 0 saturated carbocycles. The van der Waals surface area contributed by atoms with Crippen LogP contribution in [0.25, 0.3) is 5.69 Å². The number of nitrogens with two attached hydrogens (primary N) is 1. The maximum Gasteiger partial charge on any atom is 0.368 e. The number of tetrazole rings is 1. The molecular formula is C15H14FN5O. The highest BCUT2D eigenvalue weighted by molar-refractivity contribution is 5.47. The predicted molar refractivity (Wildman–Crippen MR) is 80.3 cm³/mol. The molecule has 1 aromatic heterocycles. The Hall–Kier alpha value is -2.96. The van der Waals surface area contributed by atoms with E-state index in [0.29, 0.717) is 11.4 Å². The molecule has 0 saturated heterocycles. The van der Waals surface area contributed by atoms with Gasteiger partial charge < -0.3 is 5.73 Å². The van der Waals surface area contributed by atoms with Gasteiger partial charge in [-0.25, -0.2) is 9.18 Å². The molecule has 0 fully saturated rings. The standard InChI is InChI=1S/C15H14FN5O/c1-10-7-11(5-6-14(10)17)9-20-15(22)21(19-18-20)13-4-2-3-12(16)8-13/h2-8H,9,17H2,1H3. The Morgan fingerprint density at radius 3 is 2.73 bits per heavy atom. The highest BCUT2D eigenvalue weighted by Crippen LogP contribution is 2.13. The fourth-order valence-electron chi connectivity index (χ4n) is 2.15. The third-order valence-electron chi connectivity index (χ3n) is 3.36. The molecule has 3 aromatic rings. The van der Waals surface area contributed by atoms with Crippen LogP contribution >= 0.6 is 0 Å². The summed E-state index contributed by atoms with van der Waals surface area (Å²) in [5, 5.41) is 7.62. The number of halogens is 1. The monoisotopic (exact) mass is 299 g/mol. The minimum absolute atomic E-state index is 0.273. The largest absolute Gasteiger partial charge is 0.399 e. The van der Waals surface area contributed by atoms with Gasteiger partial charge in [0, 0.05) is 5.69 Å². The molecule has 22 heavy (non-hydrogen) atoms. The van der Waals surface area contributed by atoms with E-state index in [2.05, 4.69) is 10.4 Å². The number of benzene rings is 2. The van der Waals surface area contributed by atoms with E-state index in [1.165, 1.54) is 22.9 Å². The number of aryl methyl sites for hydroxylation is 1. The van der Waals surface area contributed by atoms with Crippen molar-refractivity contribution in [3.63, 3.8) is 0 Å². The molecule has 0 bridgehead atoms. The van der Waals surface area contributed by atoms with E-state index in [4.69, 9.17) is 5.73 Å². The molecule has 0 amide bonds. The van der Waals surface area contributed by atoms with E-state index in [0.717, 1.165) is 15.8 Å². The van der Waals surface area contributed by atoms with E-state index in [-0.39, 0.29) is 6.54 Å². The molecule has 0 unspecified atom stereocenters. The Morgan fingerprint density at radius 1 is 1.18 bits per heavy atom. The zero-order chi connectivity index (χ0) is 15.7. The summed E-state index contributed by atoms with van der Waals surface area (Å²) in [6.45, 7) is 2.17. The van der Waals surface area contributed by atoms with E-state index in [1.54, 1.807) is 12.1 Å².